The summed E-state index contributed by atoms with van der Waals surface area (Å²) in [6.07, 6.45) is 7.00. The van der Waals surface area contributed by atoms with E-state index in [0.29, 0.717) is 26.1 Å². The summed E-state index contributed by atoms with van der Waals surface area (Å²) in [4.78, 5) is 22.8. The van der Waals surface area contributed by atoms with Gasteiger partial charge in [-0.3, -0.25) is 9.59 Å². The standard InChI is InChI=1S/C20H30O4/c1-3-23-19(21)10-8-6-4-5-7-9-11-20(22)24-16-18-14-12-17(2)13-15-18/h12-15H,3-11,16H2,1-2H3. The molecule has 1 rings (SSSR count). The third-order valence-electron chi connectivity index (χ3n) is 3.84. The first-order valence-electron chi connectivity index (χ1n) is 8.98. The Kier molecular flexibility index (Phi) is 10.6. The molecule has 1 aromatic carbocycles. The zero-order valence-corrected chi connectivity index (χ0v) is 15.0. The van der Waals surface area contributed by atoms with Crippen LogP contribution >= 0.6 is 0 Å². The molecule has 4 nitrogen and oxygen atoms in total. The summed E-state index contributed by atoms with van der Waals surface area (Å²) < 4.78 is 10.2. The van der Waals surface area contributed by atoms with Crippen molar-refractivity contribution in [3.63, 3.8) is 0 Å². The molecule has 0 aliphatic rings. The Morgan fingerprint density at radius 3 is 1.83 bits per heavy atom. The molecule has 0 aromatic heterocycles. The average Bonchev–Trinajstić information content (AvgIpc) is 2.57. The van der Waals surface area contributed by atoms with Crippen LogP contribution in [0.5, 0.6) is 0 Å². The van der Waals surface area contributed by atoms with Crippen LogP contribution in [0.3, 0.4) is 0 Å². The lowest BCUT2D eigenvalue weighted by atomic mass is 10.1. The van der Waals surface area contributed by atoms with Gasteiger partial charge in [0.15, 0.2) is 0 Å². The van der Waals surface area contributed by atoms with Crippen LogP contribution in [-0.4, -0.2) is 18.5 Å². The van der Waals surface area contributed by atoms with Crippen LogP contribution in [0.25, 0.3) is 0 Å². The number of hydrogen-bond donors (Lipinski definition) is 0. The third kappa shape index (κ3) is 10.0. The van der Waals surface area contributed by atoms with Crippen molar-refractivity contribution in [2.45, 2.75) is 71.8 Å². The Morgan fingerprint density at radius 2 is 1.29 bits per heavy atom. The van der Waals surface area contributed by atoms with Crippen molar-refractivity contribution in [1.29, 1.82) is 0 Å². The smallest absolute Gasteiger partial charge is 0.306 e. The Morgan fingerprint density at radius 1 is 0.792 bits per heavy atom. The molecule has 0 saturated carbocycles. The SMILES string of the molecule is CCOC(=O)CCCCCCCCC(=O)OCc1ccc(C)cc1. The molecular weight excluding hydrogens is 304 g/mol. The number of hydrogen-bond acceptors (Lipinski definition) is 4. The summed E-state index contributed by atoms with van der Waals surface area (Å²) in [7, 11) is 0. The van der Waals surface area contributed by atoms with Gasteiger partial charge in [0.25, 0.3) is 0 Å². The number of unbranched alkanes of at least 4 members (excludes halogenated alkanes) is 5. The molecule has 4 heteroatoms. The van der Waals surface area contributed by atoms with E-state index < -0.39 is 0 Å². The van der Waals surface area contributed by atoms with Crippen molar-refractivity contribution in [2.75, 3.05) is 6.61 Å². The molecular formula is C20H30O4. The Balaban J connectivity index is 1.94. The molecule has 0 aliphatic heterocycles. The Hall–Kier alpha value is -1.84. The molecule has 0 saturated heterocycles. The van der Waals surface area contributed by atoms with Crippen LogP contribution in [0.2, 0.25) is 0 Å². The van der Waals surface area contributed by atoms with Gasteiger partial charge in [-0.15, -0.1) is 0 Å². The number of carbonyl (C=O) groups excluding carboxylic acids is 2. The molecule has 0 unspecified atom stereocenters. The molecule has 0 spiro atoms. The van der Waals surface area contributed by atoms with Gasteiger partial charge in [-0.05, 0) is 32.3 Å². The fourth-order valence-corrected chi connectivity index (χ4v) is 2.40. The van der Waals surface area contributed by atoms with Crippen LogP contribution in [0.15, 0.2) is 24.3 Å². The van der Waals surface area contributed by atoms with E-state index in [1.165, 1.54) is 5.56 Å². The molecule has 134 valence electrons. The highest BCUT2D eigenvalue weighted by atomic mass is 16.5. The largest absolute Gasteiger partial charge is 0.466 e. The third-order valence-corrected chi connectivity index (χ3v) is 3.84. The lowest BCUT2D eigenvalue weighted by Gasteiger charge is -2.05. The topological polar surface area (TPSA) is 52.6 Å². The maximum Gasteiger partial charge on any atom is 0.306 e. The number of benzene rings is 1. The zero-order valence-electron chi connectivity index (χ0n) is 15.0. The molecule has 24 heavy (non-hydrogen) atoms. The lowest BCUT2D eigenvalue weighted by molar-refractivity contribution is -0.145. The second-order valence-electron chi connectivity index (χ2n) is 6.07. The first-order chi connectivity index (χ1) is 11.6. The van der Waals surface area contributed by atoms with Crippen LogP contribution in [0, 0.1) is 6.92 Å². The predicted molar refractivity (Wildman–Crippen MR) is 94.5 cm³/mol. The summed E-state index contributed by atoms with van der Waals surface area (Å²) in [6.45, 7) is 4.67. The molecule has 1 aromatic rings. The number of rotatable bonds is 12. The van der Waals surface area contributed by atoms with Gasteiger partial charge in [-0.2, -0.15) is 0 Å². The first-order valence-corrected chi connectivity index (χ1v) is 8.98. The Bertz CT molecular complexity index is 479. The summed E-state index contributed by atoms with van der Waals surface area (Å²) >= 11 is 0. The summed E-state index contributed by atoms with van der Waals surface area (Å²) in [6, 6.07) is 8.01. The molecule has 0 radical (unpaired) electrons. The number of carbonyl (C=O) groups is 2. The maximum absolute atomic E-state index is 11.7. The van der Waals surface area contributed by atoms with Crippen molar-refractivity contribution in [3.05, 3.63) is 35.4 Å². The van der Waals surface area contributed by atoms with Crippen molar-refractivity contribution >= 4 is 11.9 Å². The van der Waals surface area contributed by atoms with E-state index in [1.54, 1.807) is 0 Å². The van der Waals surface area contributed by atoms with Crippen molar-refractivity contribution in [3.8, 4) is 0 Å². The van der Waals surface area contributed by atoms with E-state index in [1.807, 2.05) is 38.1 Å². The van der Waals surface area contributed by atoms with Gasteiger partial charge in [-0.1, -0.05) is 55.5 Å². The average molecular weight is 334 g/mol. The molecule has 0 N–H and O–H groups in total. The highest BCUT2D eigenvalue weighted by Gasteiger charge is 2.04. The van der Waals surface area contributed by atoms with E-state index in [4.69, 9.17) is 9.47 Å². The van der Waals surface area contributed by atoms with E-state index in [0.717, 1.165) is 44.1 Å². The van der Waals surface area contributed by atoms with E-state index in [2.05, 4.69) is 0 Å². The van der Waals surface area contributed by atoms with Crippen LogP contribution in [0.4, 0.5) is 0 Å². The normalized spacial score (nSPS) is 10.4. The van der Waals surface area contributed by atoms with Gasteiger partial charge in [-0.25, -0.2) is 0 Å². The molecule has 0 atom stereocenters. The highest BCUT2D eigenvalue weighted by molar-refractivity contribution is 5.69. The first kappa shape index (κ1) is 20.2. The van der Waals surface area contributed by atoms with Gasteiger partial charge in [0.05, 0.1) is 6.61 Å². The van der Waals surface area contributed by atoms with Crippen LogP contribution in [-0.2, 0) is 25.7 Å². The van der Waals surface area contributed by atoms with E-state index >= 15 is 0 Å². The predicted octanol–water partition coefficient (Wildman–Crippen LogP) is 4.72. The fourth-order valence-electron chi connectivity index (χ4n) is 2.40. The van der Waals surface area contributed by atoms with Crippen molar-refractivity contribution < 1.29 is 19.1 Å². The molecule has 0 aliphatic carbocycles. The van der Waals surface area contributed by atoms with Gasteiger partial charge in [0.2, 0.25) is 0 Å². The molecule has 0 bridgehead atoms. The lowest BCUT2D eigenvalue weighted by Crippen LogP contribution is -2.04. The van der Waals surface area contributed by atoms with E-state index in [-0.39, 0.29) is 11.9 Å². The molecule has 0 heterocycles. The number of ether oxygens (including phenoxy) is 2. The monoisotopic (exact) mass is 334 g/mol. The minimum Gasteiger partial charge on any atom is -0.466 e. The molecule has 0 fully saturated rings. The second-order valence-corrected chi connectivity index (χ2v) is 6.07. The quantitative estimate of drug-likeness (QED) is 0.410. The van der Waals surface area contributed by atoms with Crippen LogP contribution in [0.1, 0.15) is 69.4 Å². The fraction of sp³-hybridized carbons (Fsp3) is 0.600. The number of esters is 2. The minimum atomic E-state index is -0.127. The van der Waals surface area contributed by atoms with Gasteiger partial charge in [0.1, 0.15) is 6.61 Å². The van der Waals surface area contributed by atoms with Gasteiger partial charge in [0, 0.05) is 12.8 Å². The Labute approximate surface area is 145 Å². The van der Waals surface area contributed by atoms with E-state index in [9.17, 15) is 9.59 Å². The second kappa shape index (κ2) is 12.6. The minimum absolute atomic E-state index is 0.103. The van der Waals surface area contributed by atoms with Gasteiger partial charge < -0.3 is 9.47 Å². The summed E-state index contributed by atoms with van der Waals surface area (Å²) in [5, 5.41) is 0. The molecule has 0 amide bonds. The maximum atomic E-state index is 11.7. The zero-order chi connectivity index (χ0) is 17.6. The number of aryl methyl sites for hydroxylation is 1. The van der Waals surface area contributed by atoms with Gasteiger partial charge >= 0.3 is 11.9 Å². The van der Waals surface area contributed by atoms with Crippen molar-refractivity contribution in [1.82, 2.24) is 0 Å². The summed E-state index contributed by atoms with van der Waals surface area (Å²) in [5.74, 6) is -0.230. The van der Waals surface area contributed by atoms with Crippen LogP contribution < -0.4 is 0 Å². The summed E-state index contributed by atoms with van der Waals surface area (Å²) in [5.41, 5.74) is 2.22. The highest BCUT2D eigenvalue weighted by Crippen LogP contribution is 2.10. The van der Waals surface area contributed by atoms with Crippen molar-refractivity contribution in [2.24, 2.45) is 0 Å².